The Morgan fingerprint density at radius 3 is 2.50 bits per heavy atom. The molecule has 2 fully saturated rings. The summed E-state index contributed by atoms with van der Waals surface area (Å²) in [4.78, 5) is 43.1. The van der Waals surface area contributed by atoms with Crippen LogP contribution in [0.4, 0.5) is 4.39 Å². The lowest BCUT2D eigenvalue weighted by Crippen LogP contribution is -2.44. The summed E-state index contributed by atoms with van der Waals surface area (Å²) in [7, 11) is 0. The summed E-state index contributed by atoms with van der Waals surface area (Å²) < 4.78 is 30.4. The standard InChI is InChI=1S/C34H35FN6O6S/c1-20-29-31(44)40(26-13-14-36-30(26)43)34(45)39(33(29)48-32(20)41-37-15-16-38-41)18-28(47-24-10-8-23(42)9-11-24)25-17-22(35)7-12-27(25)46-19-21-5-3-2-4-6-21/h2-7,12,15-17,23-24,26,28,42H,8-11,13-14,18-19H2,1H3,(H,36,43)/t23-,24+,26-,28-/m0/s1. The fraction of sp³-hybridized carbons (Fsp3) is 0.382. The van der Waals surface area contributed by atoms with Crippen LogP contribution in [-0.4, -0.2) is 53.9 Å². The predicted octanol–water partition coefficient (Wildman–Crippen LogP) is 3.95. The average Bonchev–Trinajstić information content (AvgIpc) is 3.84. The second-order valence-electron chi connectivity index (χ2n) is 12.2. The molecule has 250 valence electrons. The Kier molecular flexibility index (Phi) is 8.94. The van der Waals surface area contributed by atoms with Gasteiger partial charge in [0.1, 0.15) is 40.2 Å². The van der Waals surface area contributed by atoms with Gasteiger partial charge in [0.15, 0.2) is 0 Å². The number of aliphatic hydroxyl groups excluding tert-OH is 1. The number of carbonyl (C=O) groups excluding carboxylic acids is 1. The Balaban J connectivity index is 1.38. The van der Waals surface area contributed by atoms with E-state index in [9.17, 15) is 19.5 Å². The van der Waals surface area contributed by atoms with Crippen LogP contribution >= 0.6 is 11.3 Å². The van der Waals surface area contributed by atoms with Gasteiger partial charge < -0.3 is 19.9 Å². The molecular weight excluding hydrogens is 639 g/mol. The molecule has 1 amide bonds. The van der Waals surface area contributed by atoms with E-state index in [1.807, 2.05) is 30.3 Å². The highest BCUT2D eigenvalue weighted by Crippen LogP contribution is 2.37. The van der Waals surface area contributed by atoms with Gasteiger partial charge in [0.05, 0.1) is 36.5 Å². The van der Waals surface area contributed by atoms with Crippen LogP contribution < -0.4 is 21.3 Å². The Morgan fingerprint density at radius 2 is 1.79 bits per heavy atom. The number of ether oxygens (including phenoxy) is 2. The third-order valence-electron chi connectivity index (χ3n) is 9.05. The summed E-state index contributed by atoms with van der Waals surface area (Å²) >= 11 is 1.18. The first-order valence-electron chi connectivity index (χ1n) is 16.0. The minimum Gasteiger partial charge on any atom is -0.489 e. The van der Waals surface area contributed by atoms with E-state index in [0.29, 0.717) is 58.9 Å². The number of nitrogens with one attached hydrogen (secondary N) is 1. The van der Waals surface area contributed by atoms with Crippen LogP contribution in [0.1, 0.15) is 60.9 Å². The number of aliphatic hydroxyl groups is 1. The number of aryl methyl sites for hydroxylation is 1. The number of hydrogen-bond donors (Lipinski definition) is 2. The highest BCUT2D eigenvalue weighted by atomic mass is 32.1. The van der Waals surface area contributed by atoms with Crippen LogP contribution in [0.5, 0.6) is 5.75 Å². The predicted molar refractivity (Wildman–Crippen MR) is 176 cm³/mol. The summed E-state index contributed by atoms with van der Waals surface area (Å²) in [5.74, 6) is -0.524. The first kappa shape index (κ1) is 31.9. The zero-order valence-corrected chi connectivity index (χ0v) is 27.1. The molecule has 1 saturated heterocycles. The summed E-state index contributed by atoms with van der Waals surface area (Å²) in [6.07, 6.45) is 3.96. The SMILES string of the molecule is Cc1c(-n2nccn2)sc2c1c(=O)n([C@H]1CCNC1=O)c(=O)n2C[C@H](O[C@H]1CC[C@@H](O)CC1)c1cc(F)ccc1OCc1ccccc1. The third kappa shape index (κ3) is 6.18. The zero-order chi connectivity index (χ0) is 33.4. The highest BCUT2D eigenvalue weighted by molar-refractivity contribution is 7.21. The lowest BCUT2D eigenvalue weighted by molar-refractivity contribution is -0.122. The van der Waals surface area contributed by atoms with Gasteiger partial charge in [-0.25, -0.2) is 13.8 Å². The van der Waals surface area contributed by atoms with Gasteiger partial charge in [-0.1, -0.05) is 41.7 Å². The maximum atomic E-state index is 15.0. The van der Waals surface area contributed by atoms with Gasteiger partial charge in [-0.05, 0) is 62.8 Å². The van der Waals surface area contributed by atoms with Gasteiger partial charge in [0.2, 0.25) is 5.91 Å². The van der Waals surface area contributed by atoms with Gasteiger partial charge in [0, 0.05) is 17.7 Å². The average molecular weight is 675 g/mol. The van der Waals surface area contributed by atoms with E-state index >= 15 is 4.39 Å². The highest BCUT2D eigenvalue weighted by Gasteiger charge is 2.34. The van der Waals surface area contributed by atoms with Crippen molar-refractivity contribution in [2.24, 2.45) is 0 Å². The summed E-state index contributed by atoms with van der Waals surface area (Å²) in [5, 5.41) is 22.2. The number of amides is 1. The van der Waals surface area contributed by atoms with E-state index in [4.69, 9.17) is 9.47 Å². The first-order chi connectivity index (χ1) is 23.3. The first-order valence-corrected chi connectivity index (χ1v) is 16.8. The van der Waals surface area contributed by atoms with Crippen molar-refractivity contribution in [3.05, 3.63) is 104 Å². The quantitative estimate of drug-likeness (QED) is 0.227. The topological polar surface area (TPSA) is 142 Å². The third-order valence-corrected chi connectivity index (χ3v) is 10.3. The molecule has 48 heavy (non-hydrogen) atoms. The number of thiophene rings is 1. The maximum absolute atomic E-state index is 15.0. The molecule has 3 aromatic heterocycles. The van der Waals surface area contributed by atoms with Gasteiger partial charge in [-0.15, -0.1) is 4.80 Å². The van der Waals surface area contributed by atoms with E-state index < -0.39 is 41.2 Å². The second kappa shape index (κ2) is 13.5. The molecule has 4 heterocycles. The molecule has 2 aliphatic rings. The lowest BCUT2D eigenvalue weighted by atomic mass is 9.94. The van der Waals surface area contributed by atoms with Crippen molar-refractivity contribution < 1.29 is 23.8 Å². The van der Waals surface area contributed by atoms with Crippen LogP contribution in [-0.2, 0) is 22.7 Å². The molecule has 2 atom stereocenters. The van der Waals surface area contributed by atoms with E-state index in [-0.39, 0.29) is 31.1 Å². The van der Waals surface area contributed by atoms with Gasteiger partial charge >= 0.3 is 5.69 Å². The number of aromatic nitrogens is 5. The lowest BCUT2D eigenvalue weighted by Gasteiger charge is -2.31. The Bertz CT molecular complexity index is 2050. The van der Waals surface area contributed by atoms with Crippen molar-refractivity contribution in [1.82, 2.24) is 29.4 Å². The van der Waals surface area contributed by atoms with Crippen LogP contribution in [0.25, 0.3) is 15.2 Å². The number of rotatable bonds is 10. The van der Waals surface area contributed by atoms with E-state index in [1.54, 1.807) is 13.0 Å². The molecule has 0 unspecified atom stereocenters. The monoisotopic (exact) mass is 674 g/mol. The van der Waals surface area contributed by atoms with Crippen molar-refractivity contribution in [2.45, 2.75) is 76.5 Å². The van der Waals surface area contributed by atoms with Crippen molar-refractivity contribution in [2.75, 3.05) is 6.54 Å². The zero-order valence-electron chi connectivity index (χ0n) is 26.3. The fourth-order valence-electron chi connectivity index (χ4n) is 6.56. The molecule has 7 rings (SSSR count). The number of carbonyl (C=O) groups is 1. The molecule has 1 saturated carbocycles. The number of fused-ring (bicyclic) bond motifs is 1. The second-order valence-corrected chi connectivity index (χ2v) is 13.2. The van der Waals surface area contributed by atoms with E-state index in [2.05, 4.69) is 15.5 Å². The van der Waals surface area contributed by atoms with Gasteiger partial charge in [-0.2, -0.15) is 10.2 Å². The van der Waals surface area contributed by atoms with Crippen LogP contribution in [0.2, 0.25) is 0 Å². The van der Waals surface area contributed by atoms with E-state index in [0.717, 1.165) is 10.1 Å². The largest absolute Gasteiger partial charge is 0.489 e. The van der Waals surface area contributed by atoms with Crippen molar-refractivity contribution in [3.8, 4) is 10.8 Å². The summed E-state index contributed by atoms with van der Waals surface area (Å²) in [6, 6.07) is 12.8. The van der Waals surface area contributed by atoms with Crippen LogP contribution in [0, 0.1) is 12.7 Å². The Hall–Kier alpha value is -4.66. The molecular formula is C34H35FN6O6S. The molecule has 1 aliphatic carbocycles. The summed E-state index contributed by atoms with van der Waals surface area (Å²) in [6.45, 7) is 2.21. The number of nitrogens with zero attached hydrogens (tertiary/aromatic N) is 5. The molecule has 14 heteroatoms. The smallest absolute Gasteiger partial charge is 0.332 e. The van der Waals surface area contributed by atoms with E-state index in [1.165, 1.54) is 45.2 Å². The molecule has 0 spiro atoms. The molecule has 0 bridgehead atoms. The molecule has 1 aliphatic heterocycles. The molecule has 0 radical (unpaired) electrons. The number of hydrogen-bond acceptors (Lipinski definition) is 9. The summed E-state index contributed by atoms with van der Waals surface area (Å²) in [5.41, 5.74) is 0.632. The van der Waals surface area contributed by atoms with Crippen molar-refractivity contribution >= 4 is 27.5 Å². The molecule has 2 aromatic carbocycles. The Morgan fingerprint density at radius 1 is 1.04 bits per heavy atom. The maximum Gasteiger partial charge on any atom is 0.332 e. The number of benzene rings is 2. The number of halogens is 1. The van der Waals surface area contributed by atoms with Gasteiger partial charge in [0.25, 0.3) is 5.56 Å². The van der Waals surface area contributed by atoms with Gasteiger partial charge in [-0.3, -0.25) is 14.2 Å². The Labute approximate surface area is 278 Å². The minimum atomic E-state index is -0.982. The van der Waals surface area contributed by atoms with Crippen molar-refractivity contribution in [3.63, 3.8) is 0 Å². The normalized spacial score (nSPS) is 20.2. The molecule has 12 nitrogen and oxygen atoms in total. The molecule has 2 N–H and O–H groups in total. The minimum absolute atomic E-state index is 0.111. The fourth-order valence-corrected chi connectivity index (χ4v) is 7.78. The van der Waals surface area contributed by atoms with Crippen LogP contribution in [0.15, 0.2) is 70.5 Å². The van der Waals surface area contributed by atoms with Crippen LogP contribution in [0.3, 0.4) is 0 Å². The van der Waals surface area contributed by atoms with Crippen molar-refractivity contribution in [1.29, 1.82) is 0 Å². The molecule has 5 aromatic rings.